The topological polar surface area (TPSA) is 16.3 Å². The van der Waals surface area contributed by atoms with Gasteiger partial charge in [0.05, 0.1) is 83.0 Å². The minimum absolute atomic E-state index is 0.000821. The van der Waals surface area contributed by atoms with Crippen LogP contribution in [0, 0.1) is 0 Å². The highest BCUT2D eigenvalue weighted by Gasteiger charge is 2.47. The molecule has 78 heavy (non-hydrogen) atoms. The van der Waals surface area contributed by atoms with Crippen molar-refractivity contribution in [2.45, 2.75) is 78.6 Å². The lowest BCUT2D eigenvalue weighted by Crippen LogP contribution is -2.62. The predicted molar refractivity (Wildman–Crippen MR) is 337 cm³/mol. The third-order valence-electron chi connectivity index (χ3n) is 14.8. The van der Waals surface area contributed by atoms with Gasteiger partial charge in [0.2, 0.25) is 0 Å². The number of hydrogen-bond acceptors (Lipinski definition) is 3. The molecule has 0 aliphatic carbocycles. The summed E-state index contributed by atoms with van der Waals surface area (Å²) in [5.74, 6) is 0. The first kappa shape index (κ1) is 24.1. The summed E-state index contributed by atoms with van der Waals surface area (Å²) in [6.07, 6.45) is 0. The summed E-state index contributed by atoms with van der Waals surface area (Å²) >= 11 is 0.633. The smallest absolute Gasteiger partial charge is 0.252 e. The van der Waals surface area contributed by atoms with Gasteiger partial charge in [-0.15, -0.1) is 11.3 Å². The van der Waals surface area contributed by atoms with Crippen molar-refractivity contribution >= 4 is 132 Å². The number of thiophene rings is 1. The second kappa shape index (κ2) is 15.7. The highest BCUT2D eigenvalue weighted by molar-refractivity contribution is 7.26. The molecule has 0 spiro atoms. The van der Waals surface area contributed by atoms with Gasteiger partial charge in [-0.1, -0.05) is 171 Å². The van der Waals surface area contributed by atoms with Crippen LogP contribution in [0.1, 0.15) is 123 Å². The highest BCUT2D eigenvalue weighted by Crippen LogP contribution is 2.54. The van der Waals surface area contributed by atoms with E-state index in [1.54, 1.807) is 62.3 Å². The van der Waals surface area contributed by atoms with Crippen molar-refractivity contribution in [1.29, 1.82) is 0 Å². The standard InChI is InChI=1S/C72H59BN4S/c1-70(2,3)43-29-35-58-53(37-43)54-38-44(71(4,5)6)30-36-59(54)75(58)47-33-34-55-62(41-47)74(46-31-27-42(28-32-46)48-19-14-21-52-50-18-11-13-26-65(50)78-69(48)52)63-39-45(72(7,8)9)40-64-66(63)73(55)56-22-16-25-61-68(56)77(64)60-24-15-20-51-49-17-10-12-23-57(49)76(61)67(51)60/h10-41H,1-9H3/i10D,11D,12D,13D,14D,15D,16D,17D,18D,19D,20D,21D,22D,23D,24D,25D,26D,27D,28D,29D,30D,31D,32D,33D,34D,35D,36D,37D,38D,39D,40D,41D. The first-order valence-corrected chi connectivity index (χ1v) is 26.0. The predicted octanol–water partition coefficient (Wildman–Crippen LogP) is 18.2. The number of hydrogen-bond donors (Lipinski definition) is 0. The van der Waals surface area contributed by atoms with E-state index >= 15 is 0 Å². The van der Waals surface area contributed by atoms with Crippen LogP contribution in [0.25, 0.3) is 86.3 Å². The van der Waals surface area contributed by atoms with Crippen LogP contribution in [0.3, 0.4) is 0 Å². The minimum atomic E-state index is -2.03. The van der Waals surface area contributed by atoms with E-state index in [-0.39, 0.29) is 63.9 Å². The molecule has 6 heteroatoms. The van der Waals surface area contributed by atoms with Crippen LogP contribution < -0.4 is 26.2 Å². The second-order valence-electron chi connectivity index (χ2n) is 22.8. The zero-order valence-corrected chi connectivity index (χ0v) is 44.1. The zero-order valence-electron chi connectivity index (χ0n) is 75.3. The Morgan fingerprint density at radius 2 is 0.987 bits per heavy atom. The Morgan fingerprint density at radius 3 is 1.71 bits per heavy atom. The Morgan fingerprint density at radius 1 is 0.397 bits per heavy atom. The Kier molecular flexibility index (Phi) is 4.85. The van der Waals surface area contributed by atoms with Gasteiger partial charge in [-0.2, -0.15) is 0 Å². The maximum absolute atomic E-state index is 11.2. The van der Waals surface area contributed by atoms with Crippen LogP contribution >= 0.6 is 11.3 Å². The van der Waals surface area contributed by atoms with Crippen molar-refractivity contribution in [2.75, 3.05) is 9.80 Å². The Balaban J connectivity index is 1.17. The van der Waals surface area contributed by atoms with Crippen molar-refractivity contribution in [3.05, 3.63) is 210 Å². The Hall–Kier alpha value is -8.32. The molecule has 4 nitrogen and oxygen atoms in total. The lowest BCUT2D eigenvalue weighted by molar-refractivity contribution is 0.590. The van der Waals surface area contributed by atoms with Gasteiger partial charge in [0.1, 0.15) is 0 Å². The molecule has 13 aromatic rings. The quantitative estimate of drug-likeness (QED) is 0.164. The van der Waals surface area contributed by atoms with E-state index in [0.29, 0.717) is 11.3 Å². The molecule has 3 aromatic heterocycles. The summed E-state index contributed by atoms with van der Waals surface area (Å²) in [6, 6.07) is -24.8. The van der Waals surface area contributed by atoms with E-state index in [9.17, 15) is 35.6 Å². The highest BCUT2D eigenvalue weighted by atomic mass is 32.1. The fraction of sp³-hybridized carbons (Fsp3) is 0.167. The maximum Gasteiger partial charge on any atom is 0.252 e. The van der Waals surface area contributed by atoms with E-state index in [1.807, 2.05) is 0 Å². The molecule has 0 fully saturated rings. The Labute approximate surface area is 505 Å². The van der Waals surface area contributed by atoms with Gasteiger partial charge in [-0.05, 0) is 145 Å². The fourth-order valence-electron chi connectivity index (χ4n) is 11.1. The largest absolute Gasteiger partial charge is 0.311 e. The molecular formula is C72H59BN4S. The van der Waals surface area contributed by atoms with Crippen molar-refractivity contribution in [2.24, 2.45) is 0 Å². The van der Waals surface area contributed by atoms with Crippen LogP contribution in [0.5, 0.6) is 0 Å². The van der Waals surface area contributed by atoms with Crippen LogP contribution in [-0.2, 0) is 16.2 Å². The zero-order chi connectivity index (χ0) is 80.7. The van der Waals surface area contributed by atoms with Crippen molar-refractivity contribution in [3.63, 3.8) is 0 Å². The lowest BCUT2D eigenvalue weighted by Gasteiger charge is -2.47. The molecular weight excluding hydrogens is 964 g/mol. The van der Waals surface area contributed by atoms with Crippen LogP contribution in [-0.4, -0.2) is 15.8 Å². The molecule has 0 amide bonds. The van der Waals surface area contributed by atoms with Crippen LogP contribution in [0.2, 0.25) is 0 Å². The molecule has 0 bridgehead atoms. The average molecular weight is 1060 g/mol. The number of rotatable bonds is 3. The summed E-state index contributed by atoms with van der Waals surface area (Å²) in [6.45, 7) is 12.9. The summed E-state index contributed by atoms with van der Waals surface area (Å²) in [5.41, 5.74) is -13.1. The summed E-state index contributed by atoms with van der Waals surface area (Å²) in [4.78, 5) is 2.07. The number of para-hydroxylation sites is 3. The van der Waals surface area contributed by atoms with E-state index in [4.69, 9.17) is 8.22 Å². The molecule has 3 aliphatic heterocycles. The first-order valence-electron chi connectivity index (χ1n) is 41.2. The second-order valence-corrected chi connectivity index (χ2v) is 23.9. The number of benzene rings is 10. The van der Waals surface area contributed by atoms with Crippen molar-refractivity contribution in [3.8, 4) is 22.5 Å². The van der Waals surface area contributed by atoms with Gasteiger partial charge in [-0.25, -0.2) is 0 Å². The van der Waals surface area contributed by atoms with Gasteiger partial charge in [-0.3, -0.25) is 0 Å². The molecule has 0 saturated heterocycles. The van der Waals surface area contributed by atoms with Crippen LogP contribution in [0.15, 0.2) is 193 Å². The van der Waals surface area contributed by atoms with E-state index < -0.39 is 306 Å². The molecule has 16 rings (SSSR count). The molecule has 0 N–H and O–H groups in total. The first-order chi connectivity index (χ1) is 51.0. The fourth-order valence-corrected chi connectivity index (χ4v) is 12.2. The molecule has 10 aromatic carbocycles. The number of anilines is 6. The third-order valence-corrected chi connectivity index (χ3v) is 16.0. The maximum atomic E-state index is 11.2. The summed E-state index contributed by atoms with van der Waals surface area (Å²) < 4.78 is 317. The van der Waals surface area contributed by atoms with Gasteiger partial charge < -0.3 is 18.9 Å². The molecule has 0 radical (unpaired) electrons. The van der Waals surface area contributed by atoms with Gasteiger partial charge in [0.25, 0.3) is 6.71 Å². The SMILES string of the molecule is [2H]c1c([2H])c2c3c(c1[2H])-n1c4c([2H])c([2H])c([2H])c([2H])c4c4c([2H])c([2H])c([2H])c(c41)N3c1c([2H])c(C(C)(C)C)c([2H])c3c1B2c1c([2H])c([2H])c(-n2c4c([2H])c([2H])c(C(C)(C)C)c([2H])c4c4c([2H])c(C(C)(C)C)c([2H])c([2H])c42)c([2H])c1N3c1c([2H])c([2H])c(-c2c([2H])c([2H])c([2H])c3c2sc2c([2H])c([2H])c([2H])c([2H])c23)c([2H])c1[2H]. The molecule has 376 valence electrons. The molecule has 0 atom stereocenters. The van der Waals surface area contributed by atoms with Crippen LogP contribution in [0.4, 0.5) is 34.1 Å². The van der Waals surface area contributed by atoms with E-state index in [2.05, 4.69) is 0 Å². The van der Waals surface area contributed by atoms with E-state index in [0.717, 1.165) is 14.0 Å². The van der Waals surface area contributed by atoms with Gasteiger partial charge in [0.15, 0.2) is 0 Å². The molecule has 0 saturated carbocycles. The summed E-state index contributed by atoms with van der Waals surface area (Å²) in [7, 11) is 0. The van der Waals surface area contributed by atoms with Crippen molar-refractivity contribution < 1.29 is 43.9 Å². The Bertz CT molecular complexity index is 6590. The molecule has 0 unspecified atom stereocenters. The molecule has 6 heterocycles. The third kappa shape index (κ3) is 6.29. The van der Waals surface area contributed by atoms with E-state index in [1.165, 1.54) is 4.90 Å². The average Bonchev–Trinajstić information content (AvgIpc) is 1.16. The van der Waals surface area contributed by atoms with Gasteiger partial charge in [0, 0.05) is 70.2 Å². The normalized spacial score (nSPS) is 19.6. The lowest BCUT2D eigenvalue weighted by atomic mass is 9.33. The van der Waals surface area contributed by atoms with Crippen molar-refractivity contribution in [1.82, 2.24) is 9.13 Å². The summed E-state index contributed by atoms with van der Waals surface area (Å²) in [5, 5.41) is -1.74. The number of fused-ring (bicyclic) bond motifs is 15. The monoisotopic (exact) mass is 1050 g/mol. The number of nitrogens with zero attached hydrogens (tertiary/aromatic N) is 4. The minimum Gasteiger partial charge on any atom is -0.311 e. The molecule has 3 aliphatic rings. The number of aromatic nitrogens is 2. The van der Waals surface area contributed by atoms with Gasteiger partial charge >= 0.3 is 0 Å².